The first kappa shape index (κ1) is 33.9. The van der Waals surface area contributed by atoms with Crippen molar-refractivity contribution >= 4 is 5.97 Å². The second-order valence-corrected chi connectivity index (χ2v) is 13.6. The zero-order chi connectivity index (χ0) is 33.0. The van der Waals surface area contributed by atoms with Crippen LogP contribution in [0.1, 0.15) is 80.8 Å². The minimum Gasteiger partial charge on any atom is -0.493 e. The van der Waals surface area contributed by atoms with E-state index >= 15 is 0 Å². The maximum atomic E-state index is 14.3. The van der Waals surface area contributed by atoms with Crippen molar-refractivity contribution in [3.63, 3.8) is 0 Å². The predicted octanol–water partition coefficient (Wildman–Crippen LogP) is 6.43. The molecule has 1 aromatic heterocycles. The van der Waals surface area contributed by atoms with Gasteiger partial charge in [-0.3, -0.25) is 14.4 Å². The number of ether oxygens (including phenoxy) is 2. The molecule has 46 heavy (non-hydrogen) atoms. The molecule has 1 saturated carbocycles. The zero-order valence-corrected chi connectivity index (χ0v) is 28.3. The minimum absolute atomic E-state index is 0.00399. The summed E-state index contributed by atoms with van der Waals surface area (Å²) in [6.45, 7) is 9.87. The van der Waals surface area contributed by atoms with Crippen LogP contribution in [0.4, 0.5) is 4.39 Å². The highest BCUT2D eigenvalue weighted by molar-refractivity contribution is 5.73. The molecule has 5 rings (SSSR count). The van der Waals surface area contributed by atoms with E-state index in [1.165, 1.54) is 11.8 Å². The van der Waals surface area contributed by atoms with E-state index in [1.54, 1.807) is 26.4 Å². The number of aliphatic carboxylic acids is 1. The molecule has 2 fully saturated rings. The number of likely N-dealkylation sites (tertiary alicyclic amines) is 1. The molecule has 2 heterocycles. The van der Waals surface area contributed by atoms with Crippen LogP contribution in [0.15, 0.2) is 48.5 Å². The van der Waals surface area contributed by atoms with Crippen LogP contribution in [0.5, 0.6) is 11.5 Å². The van der Waals surface area contributed by atoms with E-state index in [1.807, 2.05) is 39.1 Å². The van der Waals surface area contributed by atoms with E-state index < -0.39 is 12.0 Å². The Kier molecular flexibility index (Phi) is 11.1. The Morgan fingerprint density at radius 1 is 1.07 bits per heavy atom. The van der Waals surface area contributed by atoms with Crippen LogP contribution in [0.2, 0.25) is 0 Å². The fraction of sp³-hybridized carbons (Fsp3) is 0.568. The van der Waals surface area contributed by atoms with Gasteiger partial charge in [-0.05, 0) is 112 Å². The fourth-order valence-electron chi connectivity index (χ4n) is 8.03. The molecule has 1 saturated heterocycles. The van der Waals surface area contributed by atoms with Gasteiger partial charge in [0.25, 0.3) is 0 Å². The Hall–Kier alpha value is -3.43. The molecule has 0 spiro atoms. The molecular weight excluding hydrogens is 583 g/mol. The number of halogens is 1. The maximum Gasteiger partial charge on any atom is 0.321 e. The van der Waals surface area contributed by atoms with Crippen LogP contribution in [0, 0.1) is 17.7 Å². The van der Waals surface area contributed by atoms with Crippen LogP contribution in [0.3, 0.4) is 0 Å². The number of hydrogen-bond acceptors (Lipinski definition) is 6. The lowest BCUT2D eigenvalue weighted by molar-refractivity contribution is -0.145. The van der Waals surface area contributed by atoms with Crippen molar-refractivity contribution in [2.24, 2.45) is 11.8 Å². The summed E-state index contributed by atoms with van der Waals surface area (Å²) in [5.41, 5.74) is 4.54. The van der Waals surface area contributed by atoms with Crippen LogP contribution >= 0.6 is 0 Å². The monoisotopic (exact) mass is 634 g/mol. The first-order chi connectivity index (χ1) is 22.1. The normalized spacial score (nSPS) is 21.6. The van der Waals surface area contributed by atoms with E-state index in [4.69, 9.17) is 14.6 Å². The molecule has 9 heteroatoms. The van der Waals surface area contributed by atoms with Gasteiger partial charge in [0.2, 0.25) is 0 Å². The summed E-state index contributed by atoms with van der Waals surface area (Å²) in [4.78, 5) is 16.8. The summed E-state index contributed by atoms with van der Waals surface area (Å²) < 4.78 is 27.4. The molecule has 3 aromatic rings. The average Bonchev–Trinajstić information content (AvgIpc) is 3.65. The topological polar surface area (TPSA) is 80.1 Å². The van der Waals surface area contributed by atoms with E-state index in [0.717, 1.165) is 86.6 Å². The summed E-state index contributed by atoms with van der Waals surface area (Å²) in [7, 11) is 5.26. The van der Waals surface area contributed by atoms with Gasteiger partial charge in [0.15, 0.2) is 11.5 Å². The first-order valence-corrected chi connectivity index (χ1v) is 16.8. The van der Waals surface area contributed by atoms with Gasteiger partial charge in [-0.2, -0.15) is 5.10 Å². The van der Waals surface area contributed by atoms with Crippen LogP contribution in [0.25, 0.3) is 0 Å². The second-order valence-electron chi connectivity index (χ2n) is 13.6. The maximum absolute atomic E-state index is 14.3. The molecule has 1 N–H and O–H groups in total. The summed E-state index contributed by atoms with van der Waals surface area (Å²) in [5.74, 6) is 1.45. The Labute approximate surface area is 273 Å². The number of piperidine rings is 1. The van der Waals surface area contributed by atoms with Crippen LogP contribution in [-0.2, 0) is 17.8 Å². The minimum atomic E-state index is -0.775. The van der Waals surface area contributed by atoms with E-state index in [9.17, 15) is 14.3 Å². The molecular formula is C37H51FN4O4. The predicted molar refractivity (Wildman–Crippen MR) is 178 cm³/mol. The molecule has 1 aliphatic carbocycles. The lowest BCUT2D eigenvalue weighted by Gasteiger charge is -2.35. The van der Waals surface area contributed by atoms with E-state index in [-0.39, 0.29) is 23.7 Å². The van der Waals surface area contributed by atoms with Gasteiger partial charge in [0, 0.05) is 37.2 Å². The lowest BCUT2D eigenvalue weighted by Crippen LogP contribution is -2.47. The van der Waals surface area contributed by atoms with Crippen LogP contribution < -0.4 is 9.47 Å². The number of aryl methyl sites for hydroxylation is 1. The standard InChI is InChI=1S/C37H51FN4O4/c1-7-42-33(21-30(39-42)17-25-11-12-34(45-5)35(18-25)46-6)26-13-15-41(16-14-26)23-28-20-31(40(4)36(24(2)3)37(43)44)22-32(28)27-9-8-10-29(38)19-27/h8-12,18-19,21,24,26,28,31-32,36H,7,13-17,20,22-23H2,1-6H3,(H,43,44)/t28?,31-,32+,36+/m0/s1. The highest BCUT2D eigenvalue weighted by Crippen LogP contribution is 2.44. The average molecular weight is 635 g/mol. The van der Waals surface area contributed by atoms with Gasteiger partial charge < -0.3 is 19.5 Å². The molecule has 8 nitrogen and oxygen atoms in total. The number of hydrogen-bond donors (Lipinski definition) is 1. The third kappa shape index (κ3) is 7.58. The molecule has 250 valence electrons. The first-order valence-electron chi connectivity index (χ1n) is 16.8. The molecule has 0 bridgehead atoms. The van der Waals surface area contributed by atoms with Crippen LogP contribution in [-0.4, -0.2) is 83.6 Å². The van der Waals surface area contributed by atoms with Crippen molar-refractivity contribution in [2.45, 2.75) is 83.3 Å². The van der Waals surface area contributed by atoms with Crippen molar-refractivity contribution < 1.29 is 23.8 Å². The Morgan fingerprint density at radius 3 is 2.43 bits per heavy atom. The second kappa shape index (κ2) is 15.0. The Bertz CT molecular complexity index is 1470. The van der Waals surface area contributed by atoms with Gasteiger partial charge in [-0.25, -0.2) is 4.39 Å². The van der Waals surface area contributed by atoms with Crippen molar-refractivity contribution in [3.8, 4) is 11.5 Å². The largest absolute Gasteiger partial charge is 0.493 e. The number of carboxylic acids is 1. The zero-order valence-electron chi connectivity index (χ0n) is 28.3. The number of methoxy groups -OCH3 is 2. The molecule has 0 radical (unpaired) electrons. The number of benzene rings is 2. The molecule has 1 aliphatic heterocycles. The number of likely N-dealkylation sites (N-methyl/N-ethyl adjacent to an activating group) is 1. The van der Waals surface area contributed by atoms with Gasteiger partial charge in [-0.1, -0.05) is 32.0 Å². The summed E-state index contributed by atoms with van der Waals surface area (Å²) >= 11 is 0. The summed E-state index contributed by atoms with van der Waals surface area (Å²) in [6.07, 6.45) is 4.62. The van der Waals surface area contributed by atoms with Gasteiger partial charge in [0.1, 0.15) is 11.9 Å². The number of aromatic nitrogens is 2. The smallest absolute Gasteiger partial charge is 0.321 e. The molecule has 2 aromatic carbocycles. The third-order valence-electron chi connectivity index (χ3n) is 10.3. The lowest BCUT2D eigenvalue weighted by atomic mass is 9.87. The van der Waals surface area contributed by atoms with Crippen molar-refractivity contribution in [3.05, 3.63) is 76.9 Å². The van der Waals surface area contributed by atoms with Gasteiger partial charge in [-0.15, -0.1) is 0 Å². The van der Waals surface area contributed by atoms with Crippen molar-refractivity contribution in [1.29, 1.82) is 0 Å². The SMILES string of the molecule is CCn1nc(Cc2ccc(OC)c(OC)c2)cc1C1CCN(CC2C[C@H](N(C)[C@@H](C(=O)O)C(C)C)C[C@@H]2c2cccc(F)c2)CC1. The van der Waals surface area contributed by atoms with E-state index in [2.05, 4.69) is 33.5 Å². The number of rotatable bonds is 13. The van der Waals surface area contributed by atoms with Crippen molar-refractivity contribution in [2.75, 3.05) is 40.9 Å². The Morgan fingerprint density at radius 2 is 1.80 bits per heavy atom. The van der Waals surface area contributed by atoms with Gasteiger partial charge in [0.05, 0.1) is 19.9 Å². The summed E-state index contributed by atoms with van der Waals surface area (Å²) in [6, 6.07) is 14.9. The summed E-state index contributed by atoms with van der Waals surface area (Å²) in [5, 5.41) is 14.9. The molecule has 0 amide bonds. The molecule has 1 unspecified atom stereocenters. The fourth-order valence-corrected chi connectivity index (χ4v) is 8.03. The molecule has 4 atom stereocenters. The van der Waals surface area contributed by atoms with Gasteiger partial charge >= 0.3 is 5.97 Å². The molecule has 2 aliphatic rings. The number of carboxylic acid groups (broad SMARTS) is 1. The number of nitrogens with zero attached hydrogens (tertiary/aromatic N) is 4. The Balaban J connectivity index is 1.26. The number of carbonyl (C=O) groups is 1. The highest BCUT2D eigenvalue weighted by Gasteiger charge is 2.42. The highest BCUT2D eigenvalue weighted by atomic mass is 19.1. The third-order valence-corrected chi connectivity index (χ3v) is 10.3. The van der Waals surface area contributed by atoms with E-state index in [0.29, 0.717) is 11.8 Å². The van der Waals surface area contributed by atoms with Crippen molar-refractivity contribution in [1.82, 2.24) is 19.6 Å². The quantitative estimate of drug-likeness (QED) is 0.232.